The van der Waals surface area contributed by atoms with E-state index in [0.29, 0.717) is 23.6 Å². The minimum Gasteiger partial charge on any atom is -0.504 e. The lowest BCUT2D eigenvalue weighted by Gasteiger charge is -2.14. The largest absolute Gasteiger partial charge is 0.504 e. The van der Waals surface area contributed by atoms with Gasteiger partial charge in [0.2, 0.25) is 5.91 Å². The van der Waals surface area contributed by atoms with Crippen molar-refractivity contribution in [2.45, 2.75) is 26.8 Å². The van der Waals surface area contributed by atoms with E-state index in [9.17, 15) is 15.2 Å². The summed E-state index contributed by atoms with van der Waals surface area (Å²) in [6, 6.07) is 19.5. The normalized spacial score (nSPS) is 10.7. The van der Waals surface area contributed by atoms with Gasteiger partial charge in [0.1, 0.15) is 17.5 Å². The zero-order chi connectivity index (χ0) is 23.5. The fraction of sp³-hybridized carbons (Fsp3) is 0.160. The molecule has 0 aliphatic heterocycles. The van der Waals surface area contributed by atoms with Crippen molar-refractivity contribution in [1.82, 2.24) is 9.78 Å². The fourth-order valence-corrected chi connectivity index (χ4v) is 3.84. The summed E-state index contributed by atoms with van der Waals surface area (Å²) in [4.78, 5) is 11.8. The molecule has 1 heterocycles. The summed E-state index contributed by atoms with van der Waals surface area (Å²) in [5.41, 5.74) is 2.82. The number of carbonyl (C=O) groups is 1. The van der Waals surface area contributed by atoms with E-state index >= 15 is 0 Å². The van der Waals surface area contributed by atoms with Crippen LogP contribution in [0.25, 0.3) is 16.5 Å². The van der Waals surface area contributed by atoms with Gasteiger partial charge >= 0.3 is 0 Å². The molecule has 7 nitrogen and oxygen atoms in total. The second-order valence-electron chi connectivity index (χ2n) is 7.59. The number of rotatable bonds is 6. The standard InChI is InChI=1S/C25H22ClN5O2/c1-3-23(32)29-22-11-16(10-21(26)24(22)33)14-28-25-20(13-27)15(2)30-31(25)19-9-8-17-6-4-5-7-18(17)12-19/h4-12,28,33H,3,14H2,1-2H3,(H,29,32). The summed E-state index contributed by atoms with van der Waals surface area (Å²) in [6.07, 6.45) is 0.273. The van der Waals surface area contributed by atoms with Crippen LogP contribution in [0.3, 0.4) is 0 Å². The maximum Gasteiger partial charge on any atom is 0.224 e. The number of amides is 1. The summed E-state index contributed by atoms with van der Waals surface area (Å²) in [7, 11) is 0. The average Bonchev–Trinajstić information content (AvgIpc) is 3.15. The van der Waals surface area contributed by atoms with Crippen LogP contribution in [0.4, 0.5) is 11.5 Å². The third kappa shape index (κ3) is 4.47. The second-order valence-corrected chi connectivity index (χ2v) is 8.00. The van der Waals surface area contributed by atoms with Crippen molar-refractivity contribution in [3.63, 3.8) is 0 Å². The van der Waals surface area contributed by atoms with Crippen LogP contribution in [0.5, 0.6) is 5.75 Å². The Morgan fingerprint density at radius 3 is 2.67 bits per heavy atom. The summed E-state index contributed by atoms with van der Waals surface area (Å²) < 4.78 is 1.71. The first-order valence-corrected chi connectivity index (χ1v) is 10.8. The van der Waals surface area contributed by atoms with Gasteiger partial charge in [-0.25, -0.2) is 4.68 Å². The van der Waals surface area contributed by atoms with Crippen molar-refractivity contribution in [1.29, 1.82) is 5.26 Å². The highest BCUT2D eigenvalue weighted by atomic mass is 35.5. The number of nitrogens with zero attached hydrogens (tertiary/aromatic N) is 3. The van der Waals surface area contributed by atoms with Crippen LogP contribution >= 0.6 is 11.6 Å². The van der Waals surface area contributed by atoms with Crippen molar-refractivity contribution in [2.75, 3.05) is 10.6 Å². The molecular formula is C25H22ClN5O2. The van der Waals surface area contributed by atoms with E-state index in [1.54, 1.807) is 30.7 Å². The first-order chi connectivity index (χ1) is 15.9. The van der Waals surface area contributed by atoms with Crippen LogP contribution < -0.4 is 10.6 Å². The topological polar surface area (TPSA) is 103 Å². The van der Waals surface area contributed by atoms with E-state index in [1.807, 2.05) is 42.5 Å². The van der Waals surface area contributed by atoms with Crippen LogP contribution in [0.15, 0.2) is 54.6 Å². The lowest BCUT2D eigenvalue weighted by Crippen LogP contribution is -2.11. The molecule has 0 radical (unpaired) electrons. The number of hydrogen-bond donors (Lipinski definition) is 3. The van der Waals surface area contributed by atoms with Gasteiger partial charge in [0, 0.05) is 13.0 Å². The van der Waals surface area contributed by atoms with E-state index in [4.69, 9.17) is 11.6 Å². The van der Waals surface area contributed by atoms with Crippen molar-refractivity contribution in [3.8, 4) is 17.5 Å². The monoisotopic (exact) mass is 459 g/mol. The van der Waals surface area contributed by atoms with Crippen molar-refractivity contribution < 1.29 is 9.90 Å². The molecular weight excluding hydrogens is 438 g/mol. The Hall–Kier alpha value is -4.02. The number of aryl methyl sites for hydroxylation is 1. The number of nitriles is 1. The predicted octanol–water partition coefficient (Wildman–Crippen LogP) is 5.53. The summed E-state index contributed by atoms with van der Waals surface area (Å²) >= 11 is 6.17. The maximum absolute atomic E-state index is 11.8. The van der Waals surface area contributed by atoms with E-state index in [0.717, 1.165) is 22.0 Å². The third-order valence-corrected chi connectivity index (χ3v) is 5.62. The molecule has 0 saturated carbocycles. The minimum atomic E-state index is -0.233. The Labute approximate surface area is 196 Å². The second kappa shape index (κ2) is 9.23. The molecule has 0 bridgehead atoms. The molecule has 0 atom stereocenters. The highest BCUT2D eigenvalue weighted by Crippen LogP contribution is 2.34. The van der Waals surface area contributed by atoms with Gasteiger partial charge in [-0.2, -0.15) is 10.4 Å². The number of carbonyl (C=O) groups excluding carboxylic acids is 1. The van der Waals surface area contributed by atoms with Gasteiger partial charge in [-0.3, -0.25) is 4.79 Å². The molecule has 3 aromatic carbocycles. The molecule has 33 heavy (non-hydrogen) atoms. The van der Waals surface area contributed by atoms with E-state index in [-0.39, 0.29) is 28.8 Å². The smallest absolute Gasteiger partial charge is 0.224 e. The van der Waals surface area contributed by atoms with Gasteiger partial charge in [-0.15, -0.1) is 0 Å². The molecule has 0 fully saturated rings. The van der Waals surface area contributed by atoms with Gasteiger partial charge in [0.05, 0.1) is 22.1 Å². The summed E-state index contributed by atoms with van der Waals surface area (Å²) in [5.74, 6) is 0.133. The average molecular weight is 460 g/mol. The molecule has 4 rings (SSSR count). The highest BCUT2D eigenvalue weighted by Gasteiger charge is 2.17. The number of phenols is 1. The molecule has 0 saturated heterocycles. The number of anilines is 2. The number of halogens is 1. The number of phenolic OH excluding ortho intramolecular Hbond substituents is 1. The quantitative estimate of drug-likeness (QED) is 0.329. The first kappa shape index (κ1) is 22.2. The summed E-state index contributed by atoms with van der Waals surface area (Å²) in [6.45, 7) is 3.80. The van der Waals surface area contributed by atoms with Crippen molar-refractivity contribution in [3.05, 3.63) is 76.4 Å². The third-order valence-electron chi connectivity index (χ3n) is 5.33. The lowest BCUT2D eigenvalue weighted by atomic mass is 10.1. The van der Waals surface area contributed by atoms with E-state index < -0.39 is 0 Å². The Kier molecular flexibility index (Phi) is 6.20. The Morgan fingerprint density at radius 1 is 1.18 bits per heavy atom. The SMILES string of the molecule is CCC(=O)Nc1cc(CNc2c(C#N)c(C)nn2-c2ccc3ccccc3c2)cc(Cl)c1O. The summed E-state index contributed by atoms with van der Waals surface area (Å²) in [5, 5.41) is 32.7. The fourth-order valence-electron chi connectivity index (χ4n) is 3.60. The van der Waals surface area contributed by atoms with Gasteiger partial charge in [-0.05, 0) is 47.5 Å². The minimum absolute atomic E-state index is 0.125. The van der Waals surface area contributed by atoms with Crippen LogP contribution in [-0.4, -0.2) is 20.8 Å². The predicted molar refractivity (Wildman–Crippen MR) is 130 cm³/mol. The highest BCUT2D eigenvalue weighted by molar-refractivity contribution is 6.32. The Balaban J connectivity index is 1.69. The number of hydrogen-bond acceptors (Lipinski definition) is 5. The molecule has 166 valence electrons. The zero-order valence-electron chi connectivity index (χ0n) is 18.2. The number of fused-ring (bicyclic) bond motifs is 1. The Bertz CT molecular complexity index is 1400. The lowest BCUT2D eigenvalue weighted by molar-refractivity contribution is -0.115. The molecule has 1 aromatic heterocycles. The van der Waals surface area contributed by atoms with Crippen LogP contribution in [0.2, 0.25) is 5.02 Å². The number of aromatic hydroxyl groups is 1. The number of benzene rings is 3. The molecule has 1 amide bonds. The molecule has 3 N–H and O–H groups in total. The first-order valence-electron chi connectivity index (χ1n) is 10.4. The Morgan fingerprint density at radius 2 is 1.94 bits per heavy atom. The van der Waals surface area contributed by atoms with Gasteiger partial charge in [0.15, 0.2) is 5.75 Å². The van der Waals surface area contributed by atoms with Crippen molar-refractivity contribution in [2.24, 2.45) is 0 Å². The zero-order valence-corrected chi connectivity index (χ0v) is 18.9. The van der Waals surface area contributed by atoms with Gasteiger partial charge in [-0.1, -0.05) is 48.9 Å². The molecule has 0 unspecified atom stereocenters. The van der Waals surface area contributed by atoms with Crippen molar-refractivity contribution >= 4 is 39.8 Å². The molecule has 0 spiro atoms. The molecule has 0 aliphatic carbocycles. The molecule has 0 aliphatic rings. The molecule has 8 heteroatoms. The van der Waals surface area contributed by atoms with Gasteiger partial charge < -0.3 is 15.7 Å². The van der Waals surface area contributed by atoms with Gasteiger partial charge in [0.25, 0.3) is 0 Å². The van der Waals surface area contributed by atoms with E-state index in [1.165, 1.54) is 0 Å². The number of aromatic nitrogens is 2. The molecule has 4 aromatic rings. The number of nitrogens with one attached hydrogen (secondary N) is 2. The van der Waals surface area contributed by atoms with Crippen LogP contribution in [0.1, 0.15) is 30.2 Å². The van der Waals surface area contributed by atoms with E-state index in [2.05, 4.69) is 21.8 Å². The van der Waals surface area contributed by atoms with Crippen LogP contribution in [-0.2, 0) is 11.3 Å². The van der Waals surface area contributed by atoms with Crippen LogP contribution in [0, 0.1) is 18.3 Å². The maximum atomic E-state index is 11.8.